The highest BCUT2D eigenvalue weighted by molar-refractivity contribution is 7.47. The second-order valence-electron chi connectivity index (χ2n) is 27.5. The Morgan fingerprint density at radius 3 is 0.723 bits per heavy atom. The van der Waals surface area contributed by atoms with Crippen LogP contribution >= 0.6 is 15.6 Å². The van der Waals surface area contributed by atoms with Crippen molar-refractivity contribution in [3.05, 3.63) is 0 Å². The van der Waals surface area contributed by atoms with Crippen molar-refractivity contribution in [3.63, 3.8) is 0 Å². The molecular weight excluding hydrogens is 1230 g/mol. The molecule has 19 heteroatoms. The van der Waals surface area contributed by atoms with Crippen molar-refractivity contribution in [2.24, 2.45) is 5.92 Å². The van der Waals surface area contributed by atoms with Gasteiger partial charge < -0.3 is 33.8 Å². The van der Waals surface area contributed by atoms with E-state index >= 15 is 0 Å². The number of aliphatic hydroxyl groups is 1. The van der Waals surface area contributed by atoms with E-state index in [9.17, 15) is 43.2 Å². The number of carbonyl (C=O) groups is 4. The number of rotatable bonds is 75. The number of ether oxygens (including phenoxy) is 4. The molecule has 0 amide bonds. The highest BCUT2D eigenvalue weighted by atomic mass is 31.2. The summed E-state index contributed by atoms with van der Waals surface area (Å²) in [5.41, 5.74) is 0. The van der Waals surface area contributed by atoms with Gasteiger partial charge in [-0.25, -0.2) is 9.13 Å². The summed E-state index contributed by atoms with van der Waals surface area (Å²) in [6.45, 7) is 7.22. The van der Waals surface area contributed by atoms with Crippen LogP contribution in [0.2, 0.25) is 0 Å². The van der Waals surface area contributed by atoms with Gasteiger partial charge >= 0.3 is 39.5 Å². The van der Waals surface area contributed by atoms with Crippen molar-refractivity contribution < 1.29 is 80.2 Å². The molecule has 0 aromatic heterocycles. The highest BCUT2D eigenvalue weighted by Crippen LogP contribution is 2.45. The maximum Gasteiger partial charge on any atom is 0.472 e. The van der Waals surface area contributed by atoms with Crippen molar-refractivity contribution >= 4 is 39.5 Å². The van der Waals surface area contributed by atoms with Gasteiger partial charge in [-0.05, 0) is 31.6 Å². The van der Waals surface area contributed by atoms with E-state index in [2.05, 4.69) is 34.6 Å². The maximum atomic E-state index is 13.1. The number of esters is 4. The Bertz CT molecular complexity index is 1810. The summed E-state index contributed by atoms with van der Waals surface area (Å²) in [5, 5.41) is 10.6. The molecule has 0 aromatic rings. The minimum atomic E-state index is -4.95. The number of phosphoric ester groups is 2. The molecule has 3 N–H and O–H groups in total. The van der Waals surface area contributed by atoms with E-state index in [1.54, 1.807) is 0 Å². The predicted molar refractivity (Wildman–Crippen MR) is 382 cm³/mol. The highest BCUT2D eigenvalue weighted by Gasteiger charge is 2.30. The summed E-state index contributed by atoms with van der Waals surface area (Å²) in [4.78, 5) is 72.7. The quantitative estimate of drug-likeness (QED) is 0.0222. The van der Waals surface area contributed by atoms with Crippen molar-refractivity contribution in [2.45, 2.75) is 412 Å². The zero-order valence-corrected chi connectivity index (χ0v) is 62.9. The molecule has 0 heterocycles. The van der Waals surface area contributed by atoms with Crippen LogP contribution in [0.5, 0.6) is 0 Å². The Hall–Kier alpha value is -1.94. The molecule has 0 aliphatic rings. The van der Waals surface area contributed by atoms with Crippen LogP contribution in [-0.2, 0) is 65.4 Å². The molecule has 5 atom stereocenters. The summed E-state index contributed by atoms with van der Waals surface area (Å²) in [5.74, 6) is -1.41. The van der Waals surface area contributed by atoms with Crippen LogP contribution in [0.1, 0.15) is 394 Å². The lowest BCUT2D eigenvalue weighted by molar-refractivity contribution is -0.161. The van der Waals surface area contributed by atoms with Crippen molar-refractivity contribution in [2.75, 3.05) is 39.6 Å². The first kappa shape index (κ1) is 92.1. The first-order valence-corrected chi connectivity index (χ1v) is 42.1. The van der Waals surface area contributed by atoms with Crippen molar-refractivity contribution in [1.82, 2.24) is 0 Å². The van der Waals surface area contributed by atoms with Gasteiger partial charge in [0.05, 0.1) is 26.4 Å². The second kappa shape index (κ2) is 68.2. The Morgan fingerprint density at radius 2 is 0.489 bits per heavy atom. The predicted octanol–water partition coefficient (Wildman–Crippen LogP) is 22.1. The molecule has 558 valence electrons. The van der Waals surface area contributed by atoms with Gasteiger partial charge in [-0.3, -0.25) is 37.3 Å². The molecule has 0 bridgehead atoms. The molecular formula is C75H146O17P2. The number of hydrogen-bond acceptors (Lipinski definition) is 15. The summed E-state index contributed by atoms with van der Waals surface area (Å²) in [7, 11) is -9.90. The molecule has 2 unspecified atom stereocenters. The maximum absolute atomic E-state index is 13.1. The van der Waals surface area contributed by atoms with Crippen LogP contribution in [-0.4, -0.2) is 96.7 Å². The van der Waals surface area contributed by atoms with Gasteiger partial charge in [0.15, 0.2) is 12.2 Å². The van der Waals surface area contributed by atoms with Crippen molar-refractivity contribution in [1.29, 1.82) is 0 Å². The Kier molecular flexibility index (Phi) is 66.8. The molecule has 0 radical (unpaired) electrons. The third kappa shape index (κ3) is 68.6. The van der Waals surface area contributed by atoms with E-state index in [1.807, 2.05) is 0 Å². The van der Waals surface area contributed by atoms with E-state index in [-0.39, 0.29) is 25.7 Å². The summed E-state index contributed by atoms with van der Waals surface area (Å²) < 4.78 is 68.4. The van der Waals surface area contributed by atoms with Gasteiger partial charge in [0, 0.05) is 25.7 Å². The molecule has 0 aliphatic heterocycles. The van der Waals surface area contributed by atoms with Crippen molar-refractivity contribution in [3.8, 4) is 0 Å². The number of phosphoric acid groups is 2. The van der Waals surface area contributed by atoms with E-state index < -0.39 is 97.5 Å². The Morgan fingerprint density at radius 1 is 0.287 bits per heavy atom. The first-order valence-electron chi connectivity index (χ1n) is 39.1. The fourth-order valence-electron chi connectivity index (χ4n) is 11.5. The summed E-state index contributed by atoms with van der Waals surface area (Å²) >= 11 is 0. The summed E-state index contributed by atoms with van der Waals surface area (Å²) in [6.07, 6.45) is 57.0. The SMILES string of the molecule is CCCCCCCCCCCCCCCCCCCCCCCC(=O)O[C@H](COC(=O)CCCCCCCCCCCCCC)COP(=O)(O)OC[C@@H](O)COP(=O)(O)OC[C@@H](COC(=O)CCCCCCCCCC(C)C)OC(=O)CCCCCCCCCCCCC. The number of aliphatic hydroxyl groups excluding tert-OH is 1. The third-order valence-corrected chi connectivity index (χ3v) is 19.4. The zero-order valence-electron chi connectivity index (χ0n) is 61.1. The van der Waals surface area contributed by atoms with E-state index in [1.165, 1.54) is 212 Å². The fourth-order valence-corrected chi connectivity index (χ4v) is 13.1. The third-order valence-electron chi connectivity index (χ3n) is 17.5. The molecule has 0 saturated heterocycles. The summed E-state index contributed by atoms with van der Waals surface area (Å²) in [6, 6.07) is 0. The average Bonchev–Trinajstić information content (AvgIpc) is 3.13. The van der Waals surface area contributed by atoms with Crippen LogP contribution in [0.25, 0.3) is 0 Å². The van der Waals surface area contributed by atoms with Gasteiger partial charge in [-0.1, -0.05) is 343 Å². The molecule has 0 aromatic carbocycles. The molecule has 0 rings (SSSR count). The number of carbonyl (C=O) groups excluding carboxylic acids is 4. The second-order valence-corrected chi connectivity index (χ2v) is 30.4. The normalized spacial score (nSPS) is 14.0. The monoisotopic (exact) mass is 1380 g/mol. The molecule has 0 fully saturated rings. The van der Waals surface area contributed by atoms with E-state index in [0.29, 0.717) is 31.6 Å². The first-order chi connectivity index (χ1) is 45.5. The molecule has 0 saturated carbocycles. The lowest BCUT2D eigenvalue weighted by Crippen LogP contribution is -2.30. The lowest BCUT2D eigenvalue weighted by Gasteiger charge is -2.21. The topological polar surface area (TPSA) is 237 Å². The smallest absolute Gasteiger partial charge is 0.462 e. The van der Waals surface area contributed by atoms with Crippen LogP contribution in [0.4, 0.5) is 0 Å². The molecule has 0 aliphatic carbocycles. The molecule has 17 nitrogen and oxygen atoms in total. The van der Waals surface area contributed by atoms with Crippen LogP contribution in [0.3, 0.4) is 0 Å². The van der Waals surface area contributed by atoms with Gasteiger partial charge in [0.25, 0.3) is 0 Å². The number of unbranched alkanes of at least 4 members (excludes halogenated alkanes) is 47. The zero-order chi connectivity index (χ0) is 69.1. The van der Waals surface area contributed by atoms with Gasteiger partial charge in [-0.2, -0.15) is 0 Å². The molecule has 94 heavy (non-hydrogen) atoms. The van der Waals surface area contributed by atoms with E-state index in [4.69, 9.17) is 37.0 Å². The van der Waals surface area contributed by atoms with Crippen LogP contribution in [0.15, 0.2) is 0 Å². The molecule has 0 spiro atoms. The fraction of sp³-hybridized carbons (Fsp3) is 0.947. The Labute approximate surface area is 575 Å². The minimum absolute atomic E-state index is 0.106. The average molecular weight is 1380 g/mol. The largest absolute Gasteiger partial charge is 0.472 e. The lowest BCUT2D eigenvalue weighted by atomic mass is 10.0. The Balaban J connectivity index is 5.18. The van der Waals surface area contributed by atoms with E-state index in [0.717, 1.165) is 96.3 Å². The minimum Gasteiger partial charge on any atom is -0.462 e. The number of hydrogen-bond donors (Lipinski definition) is 3. The van der Waals surface area contributed by atoms with Gasteiger partial charge in [0.2, 0.25) is 0 Å². The van der Waals surface area contributed by atoms with Gasteiger partial charge in [-0.15, -0.1) is 0 Å². The standard InChI is InChI=1S/C75H146O17P2/c1-6-9-12-15-18-21-24-26-27-28-29-30-31-32-33-34-37-40-45-51-56-61-75(80)91-70(64-85-72(77)58-53-48-43-38-36-25-22-19-16-13-10-7-2)66-89-93(81,82)87-62-69(76)63-88-94(83,84)90-67-71(65-86-73(78)59-54-49-46-41-42-47-52-57-68(4)5)92-74(79)60-55-50-44-39-35-23-20-17-14-11-8-3/h68-71,76H,6-67H2,1-5H3,(H,81,82)(H,83,84)/t69-,70-,71-/m1/s1. The van der Waals surface area contributed by atoms with Crippen LogP contribution in [0, 0.1) is 5.92 Å². The van der Waals surface area contributed by atoms with Crippen LogP contribution < -0.4 is 0 Å². The van der Waals surface area contributed by atoms with Gasteiger partial charge in [0.1, 0.15) is 19.3 Å².